The zero-order valence-electron chi connectivity index (χ0n) is 11.9. The van der Waals surface area contributed by atoms with Gasteiger partial charge in [0.25, 0.3) is 0 Å². The number of ether oxygens (including phenoxy) is 2. The molecule has 118 valence electrons. The van der Waals surface area contributed by atoms with Crippen LogP contribution in [-0.4, -0.2) is 29.9 Å². The molecule has 0 bridgehead atoms. The van der Waals surface area contributed by atoms with E-state index in [0.29, 0.717) is 29.8 Å². The summed E-state index contributed by atoms with van der Waals surface area (Å²) in [6, 6.07) is 4.35. The van der Waals surface area contributed by atoms with Gasteiger partial charge in [0.2, 0.25) is 0 Å². The van der Waals surface area contributed by atoms with Crippen molar-refractivity contribution in [3.63, 3.8) is 0 Å². The number of hydrogen-bond acceptors (Lipinski definition) is 3. The molecule has 0 N–H and O–H groups in total. The summed E-state index contributed by atoms with van der Waals surface area (Å²) in [7, 11) is 1.56. The zero-order valence-corrected chi connectivity index (χ0v) is 11.9. The van der Waals surface area contributed by atoms with E-state index in [1.54, 1.807) is 30.1 Å². The number of alkyl halides is 3. The Kier molecular flexibility index (Phi) is 4.87. The van der Waals surface area contributed by atoms with Crippen molar-refractivity contribution in [3.05, 3.63) is 42.7 Å². The van der Waals surface area contributed by atoms with Crippen molar-refractivity contribution in [3.8, 4) is 16.9 Å². The van der Waals surface area contributed by atoms with Gasteiger partial charge in [0.15, 0.2) is 0 Å². The molecule has 1 aromatic carbocycles. The summed E-state index contributed by atoms with van der Waals surface area (Å²) in [4.78, 5) is 0. The van der Waals surface area contributed by atoms with E-state index >= 15 is 0 Å². The maximum Gasteiger partial charge on any atom is 0.573 e. The molecule has 0 amide bonds. The lowest BCUT2D eigenvalue weighted by Gasteiger charge is -2.13. The van der Waals surface area contributed by atoms with Crippen molar-refractivity contribution in [1.29, 1.82) is 0 Å². The average molecular weight is 312 g/mol. The third-order valence-electron chi connectivity index (χ3n) is 2.93. The fourth-order valence-corrected chi connectivity index (χ4v) is 1.92. The third-order valence-corrected chi connectivity index (χ3v) is 2.93. The van der Waals surface area contributed by atoms with Crippen LogP contribution in [0.4, 0.5) is 13.2 Å². The lowest BCUT2D eigenvalue weighted by molar-refractivity contribution is -0.274. The summed E-state index contributed by atoms with van der Waals surface area (Å²) in [5, 5.41) is 4.10. The molecule has 0 fully saturated rings. The van der Waals surface area contributed by atoms with Crippen molar-refractivity contribution in [2.45, 2.75) is 12.9 Å². The van der Waals surface area contributed by atoms with E-state index in [1.165, 1.54) is 18.3 Å². The standard InChI is InChI=1S/C15H15F3N2O2/c1-3-11-4-5-14(22-15(16,17)18)13(8-11)12-9-19-20(10-12)6-7-21-2/h3-5,8-10H,1,6-7H2,2H3. The van der Waals surface area contributed by atoms with E-state index in [9.17, 15) is 13.2 Å². The van der Waals surface area contributed by atoms with Gasteiger partial charge < -0.3 is 9.47 Å². The molecule has 22 heavy (non-hydrogen) atoms. The van der Waals surface area contributed by atoms with Gasteiger partial charge in [-0.2, -0.15) is 5.10 Å². The maximum atomic E-state index is 12.5. The summed E-state index contributed by atoms with van der Waals surface area (Å²) in [5.41, 5.74) is 1.52. The van der Waals surface area contributed by atoms with Crippen LogP contribution in [0.1, 0.15) is 5.56 Å². The molecule has 0 spiro atoms. The number of aromatic nitrogens is 2. The van der Waals surface area contributed by atoms with Crippen LogP contribution in [0.2, 0.25) is 0 Å². The normalized spacial score (nSPS) is 11.5. The molecule has 7 heteroatoms. The fourth-order valence-electron chi connectivity index (χ4n) is 1.92. The van der Waals surface area contributed by atoms with Gasteiger partial charge in [0.05, 0.1) is 19.3 Å². The Bertz CT molecular complexity index is 650. The highest BCUT2D eigenvalue weighted by Gasteiger charge is 2.32. The second-order valence-corrected chi connectivity index (χ2v) is 4.49. The van der Waals surface area contributed by atoms with Gasteiger partial charge in [0.1, 0.15) is 5.75 Å². The van der Waals surface area contributed by atoms with Crippen LogP contribution in [-0.2, 0) is 11.3 Å². The molecule has 1 aromatic heterocycles. The van der Waals surface area contributed by atoms with Gasteiger partial charge in [-0.05, 0) is 17.7 Å². The first kappa shape index (κ1) is 16.1. The van der Waals surface area contributed by atoms with Crippen LogP contribution >= 0.6 is 0 Å². The Morgan fingerprint density at radius 3 is 2.77 bits per heavy atom. The van der Waals surface area contributed by atoms with Crippen LogP contribution in [0.25, 0.3) is 17.2 Å². The largest absolute Gasteiger partial charge is 0.573 e. The molecule has 0 atom stereocenters. The van der Waals surface area contributed by atoms with Gasteiger partial charge >= 0.3 is 6.36 Å². The topological polar surface area (TPSA) is 36.3 Å². The highest BCUT2D eigenvalue weighted by molar-refractivity contribution is 5.72. The van der Waals surface area contributed by atoms with E-state index in [-0.39, 0.29) is 5.75 Å². The van der Waals surface area contributed by atoms with Gasteiger partial charge in [-0.3, -0.25) is 4.68 Å². The third kappa shape index (κ3) is 4.11. The average Bonchev–Trinajstić information content (AvgIpc) is 2.92. The lowest BCUT2D eigenvalue weighted by Crippen LogP contribution is -2.17. The molecule has 2 rings (SSSR count). The van der Waals surface area contributed by atoms with Crippen molar-refractivity contribution in [2.24, 2.45) is 0 Å². The van der Waals surface area contributed by atoms with Crippen LogP contribution in [0.5, 0.6) is 5.75 Å². The fraction of sp³-hybridized carbons (Fsp3) is 0.267. The first-order valence-corrected chi connectivity index (χ1v) is 6.47. The minimum atomic E-state index is -4.75. The molecule has 2 aromatic rings. The highest BCUT2D eigenvalue weighted by atomic mass is 19.4. The van der Waals surface area contributed by atoms with Gasteiger partial charge in [-0.25, -0.2) is 0 Å². The number of nitrogens with zero attached hydrogens (tertiary/aromatic N) is 2. The Morgan fingerprint density at radius 1 is 1.36 bits per heavy atom. The second-order valence-electron chi connectivity index (χ2n) is 4.49. The van der Waals surface area contributed by atoms with E-state index in [2.05, 4.69) is 16.4 Å². The van der Waals surface area contributed by atoms with Gasteiger partial charge in [0, 0.05) is 24.4 Å². The smallest absolute Gasteiger partial charge is 0.405 e. The van der Waals surface area contributed by atoms with E-state index < -0.39 is 6.36 Å². The Hall–Kier alpha value is -2.28. The van der Waals surface area contributed by atoms with Crippen molar-refractivity contribution in [1.82, 2.24) is 9.78 Å². The van der Waals surface area contributed by atoms with Crippen molar-refractivity contribution < 1.29 is 22.6 Å². The van der Waals surface area contributed by atoms with Gasteiger partial charge in [-0.15, -0.1) is 13.2 Å². The predicted molar refractivity (Wildman–Crippen MR) is 76.3 cm³/mol. The van der Waals surface area contributed by atoms with Crippen LogP contribution < -0.4 is 4.74 Å². The lowest BCUT2D eigenvalue weighted by atomic mass is 10.0. The first-order chi connectivity index (χ1) is 10.4. The number of methoxy groups -OCH3 is 1. The number of benzene rings is 1. The molecule has 0 saturated heterocycles. The summed E-state index contributed by atoms with van der Waals surface area (Å²) >= 11 is 0. The molecule has 1 heterocycles. The minimum Gasteiger partial charge on any atom is -0.405 e. The number of halogens is 3. The molecular formula is C15H15F3N2O2. The Morgan fingerprint density at radius 2 is 2.14 bits per heavy atom. The Balaban J connectivity index is 2.38. The molecule has 0 aliphatic rings. The van der Waals surface area contributed by atoms with Crippen LogP contribution in [0.15, 0.2) is 37.2 Å². The highest BCUT2D eigenvalue weighted by Crippen LogP contribution is 2.34. The van der Waals surface area contributed by atoms with Crippen LogP contribution in [0, 0.1) is 0 Å². The monoisotopic (exact) mass is 312 g/mol. The first-order valence-electron chi connectivity index (χ1n) is 6.47. The van der Waals surface area contributed by atoms with Crippen molar-refractivity contribution >= 4 is 6.08 Å². The van der Waals surface area contributed by atoms with E-state index in [0.717, 1.165) is 0 Å². The summed E-state index contributed by atoms with van der Waals surface area (Å²) in [5.74, 6) is -0.274. The summed E-state index contributed by atoms with van der Waals surface area (Å²) in [6.07, 6.45) is -0.0712. The molecule has 0 unspecified atom stereocenters. The predicted octanol–water partition coefficient (Wildman–Crippen LogP) is 3.74. The number of rotatable bonds is 6. The summed E-state index contributed by atoms with van der Waals surface area (Å²) in [6.45, 7) is 4.58. The minimum absolute atomic E-state index is 0.274. The van der Waals surface area contributed by atoms with Crippen molar-refractivity contribution in [2.75, 3.05) is 13.7 Å². The van der Waals surface area contributed by atoms with Crippen LogP contribution in [0.3, 0.4) is 0 Å². The second kappa shape index (κ2) is 6.65. The molecule has 0 radical (unpaired) electrons. The maximum absolute atomic E-state index is 12.5. The SMILES string of the molecule is C=Cc1ccc(OC(F)(F)F)c(-c2cnn(CCOC)c2)c1. The molecular weight excluding hydrogens is 297 g/mol. The quantitative estimate of drug-likeness (QED) is 0.815. The Labute approximate surface area is 125 Å². The van der Waals surface area contributed by atoms with E-state index in [4.69, 9.17) is 4.74 Å². The molecule has 0 aliphatic heterocycles. The van der Waals surface area contributed by atoms with E-state index in [1.807, 2.05) is 0 Å². The van der Waals surface area contributed by atoms with Gasteiger partial charge in [-0.1, -0.05) is 18.7 Å². The zero-order chi connectivity index (χ0) is 16.2. The number of hydrogen-bond donors (Lipinski definition) is 0. The summed E-state index contributed by atoms with van der Waals surface area (Å²) < 4.78 is 48.1. The molecule has 0 aliphatic carbocycles. The molecule has 4 nitrogen and oxygen atoms in total. The molecule has 0 saturated carbocycles.